The van der Waals surface area contributed by atoms with Crippen LogP contribution in [0.2, 0.25) is 0 Å². The van der Waals surface area contributed by atoms with Crippen molar-refractivity contribution in [3.63, 3.8) is 0 Å². The zero-order valence-corrected chi connectivity index (χ0v) is 18.4. The number of likely N-dealkylation sites (tertiary alicyclic amines) is 2. The van der Waals surface area contributed by atoms with E-state index in [2.05, 4.69) is 72.1 Å². The van der Waals surface area contributed by atoms with E-state index in [-0.39, 0.29) is 5.92 Å². The van der Waals surface area contributed by atoms with Crippen LogP contribution in [0.25, 0.3) is 0 Å². The van der Waals surface area contributed by atoms with Crippen molar-refractivity contribution in [2.45, 2.75) is 19.8 Å². The van der Waals surface area contributed by atoms with Crippen LogP contribution in [0.3, 0.4) is 0 Å². The highest BCUT2D eigenvalue weighted by Crippen LogP contribution is 2.25. The normalized spacial score (nSPS) is 29.7. The Hall–Kier alpha value is -2.24. The van der Waals surface area contributed by atoms with E-state index in [0.717, 1.165) is 30.5 Å². The first-order valence-electron chi connectivity index (χ1n) is 11.3. The van der Waals surface area contributed by atoms with E-state index in [9.17, 15) is 0 Å². The molecule has 2 atom stereocenters. The Morgan fingerprint density at radius 2 is 2.10 bits per heavy atom. The first-order chi connectivity index (χ1) is 14.7. The van der Waals surface area contributed by atoms with E-state index in [1.807, 2.05) is 6.08 Å². The van der Waals surface area contributed by atoms with Crippen LogP contribution >= 0.6 is 0 Å². The minimum Gasteiger partial charge on any atom is -0.344 e. The summed E-state index contributed by atoms with van der Waals surface area (Å²) in [6.07, 6.45) is 17.4. The van der Waals surface area contributed by atoms with Gasteiger partial charge in [-0.2, -0.15) is 0 Å². The molecule has 2 unspecified atom stereocenters. The number of allylic oxidation sites excluding steroid dienone is 8. The molecule has 3 aliphatic heterocycles. The predicted molar refractivity (Wildman–Crippen MR) is 127 cm³/mol. The second-order valence-corrected chi connectivity index (χ2v) is 8.85. The third-order valence-electron chi connectivity index (χ3n) is 6.69. The Morgan fingerprint density at radius 1 is 1.27 bits per heavy atom. The number of amidine groups is 1. The van der Waals surface area contributed by atoms with Gasteiger partial charge in [0.25, 0.3) is 0 Å². The topological polar surface area (TPSA) is 43.2 Å². The van der Waals surface area contributed by atoms with Crippen LogP contribution in [0.15, 0.2) is 70.4 Å². The molecule has 4 aliphatic rings. The molecule has 4 rings (SSSR count). The molecule has 0 spiro atoms. The summed E-state index contributed by atoms with van der Waals surface area (Å²) in [5.74, 6) is 2.44. The lowest BCUT2D eigenvalue weighted by Crippen LogP contribution is -2.38. The average Bonchev–Trinajstić information content (AvgIpc) is 3.18. The van der Waals surface area contributed by atoms with Crippen LogP contribution in [-0.4, -0.2) is 67.8 Å². The summed E-state index contributed by atoms with van der Waals surface area (Å²) >= 11 is 0. The molecule has 30 heavy (non-hydrogen) atoms. The standard InChI is InChI=1S/C25H35N5/c1-4-20-8-6-7-9-21(20)14-22(5-2)28-25-23-16-30(17-24(23)26-18-27-25)15-19-10-12-29(3)13-11-19/h4-9,14,19-20,23H,1,10-13,15-18H2,2-3H3,(H,27,28)/b21-14-,22-5?. The number of piperidine rings is 1. The molecule has 3 heterocycles. The molecular formula is C25H35N5. The Bertz CT molecular complexity index is 820. The summed E-state index contributed by atoms with van der Waals surface area (Å²) in [5.41, 5.74) is 3.63. The van der Waals surface area contributed by atoms with Crippen molar-refractivity contribution in [3.05, 3.63) is 60.4 Å². The summed E-state index contributed by atoms with van der Waals surface area (Å²) in [5, 5.41) is 3.63. The molecule has 0 bridgehead atoms. The van der Waals surface area contributed by atoms with Gasteiger partial charge in [-0.15, -0.1) is 6.58 Å². The van der Waals surface area contributed by atoms with Crippen molar-refractivity contribution >= 4 is 11.5 Å². The lowest BCUT2D eigenvalue weighted by molar-refractivity contribution is 0.176. The van der Waals surface area contributed by atoms with E-state index in [0.29, 0.717) is 12.6 Å². The minimum atomic E-state index is 0.258. The molecule has 1 aliphatic carbocycles. The van der Waals surface area contributed by atoms with Crippen molar-refractivity contribution in [3.8, 4) is 0 Å². The smallest absolute Gasteiger partial charge is 0.131 e. The third kappa shape index (κ3) is 4.90. The number of hydrogen-bond acceptors (Lipinski definition) is 5. The third-order valence-corrected chi connectivity index (χ3v) is 6.69. The molecule has 0 aromatic rings. The van der Waals surface area contributed by atoms with Gasteiger partial charge in [0, 0.05) is 37.0 Å². The van der Waals surface area contributed by atoms with Crippen molar-refractivity contribution in [1.29, 1.82) is 0 Å². The fourth-order valence-electron chi connectivity index (χ4n) is 4.81. The second-order valence-electron chi connectivity index (χ2n) is 8.85. The van der Waals surface area contributed by atoms with Gasteiger partial charge in [0.05, 0.1) is 5.92 Å². The van der Waals surface area contributed by atoms with Gasteiger partial charge in [-0.3, -0.25) is 9.89 Å². The van der Waals surface area contributed by atoms with E-state index in [4.69, 9.17) is 9.98 Å². The lowest BCUT2D eigenvalue weighted by Gasteiger charge is -2.31. The monoisotopic (exact) mass is 405 g/mol. The predicted octanol–water partition coefficient (Wildman–Crippen LogP) is 3.42. The van der Waals surface area contributed by atoms with Crippen molar-refractivity contribution in [2.75, 3.05) is 46.4 Å². The zero-order chi connectivity index (χ0) is 20.9. The van der Waals surface area contributed by atoms with Gasteiger partial charge in [-0.1, -0.05) is 36.5 Å². The van der Waals surface area contributed by atoms with Crippen molar-refractivity contribution in [1.82, 2.24) is 15.1 Å². The fourth-order valence-corrected chi connectivity index (χ4v) is 4.81. The van der Waals surface area contributed by atoms with Crippen LogP contribution in [0, 0.1) is 17.8 Å². The Morgan fingerprint density at radius 3 is 2.87 bits per heavy atom. The van der Waals surface area contributed by atoms with Crippen molar-refractivity contribution < 1.29 is 0 Å². The highest BCUT2D eigenvalue weighted by molar-refractivity contribution is 6.10. The fraction of sp³-hybridized carbons (Fsp3) is 0.520. The molecule has 0 saturated carbocycles. The van der Waals surface area contributed by atoms with Gasteiger partial charge < -0.3 is 10.2 Å². The van der Waals surface area contributed by atoms with Crippen LogP contribution in [-0.2, 0) is 0 Å². The number of rotatable bonds is 5. The molecule has 5 nitrogen and oxygen atoms in total. The minimum absolute atomic E-state index is 0.258. The number of aliphatic imine (C=N–C) groups is 2. The van der Waals surface area contributed by atoms with E-state index in [1.54, 1.807) is 0 Å². The molecule has 0 aromatic carbocycles. The Labute approximate surface area is 181 Å². The molecule has 0 radical (unpaired) electrons. The highest BCUT2D eigenvalue weighted by atomic mass is 15.2. The molecule has 2 saturated heterocycles. The van der Waals surface area contributed by atoms with Crippen molar-refractivity contribution in [2.24, 2.45) is 27.7 Å². The van der Waals surface area contributed by atoms with Gasteiger partial charge in [-0.05, 0) is 57.5 Å². The van der Waals surface area contributed by atoms with Crippen LogP contribution < -0.4 is 5.32 Å². The van der Waals surface area contributed by atoms with Gasteiger partial charge in [0.2, 0.25) is 0 Å². The number of nitrogens with one attached hydrogen (secondary N) is 1. The summed E-state index contributed by atoms with van der Waals surface area (Å²) < 4.78 is 0. The summed E-state index contributed by atoms with van der Waals surface area (Å²) in [6.45, 7) is 12.3. The Balaban J connectivity index is 1.39. The molecule has 5 heteroatoms. The summed E-state index contributed by atoms with van der Waals surface area (Å²) in [4.78, 5) is 14.5. The SMILES string of the molecule is C=CC1C=CC=C/C1=C/C(=CC)NC1=NCN=C2CN(CC3CCN(C)CC3)CC21. The number of nitrogens with zero attached hydrogens (tertiary/aromatic N) is 4. The first kappa shape index (κ1) is 21.0. The number of hydrogen-bond donors (Lipinski definition) is 1. The van der Waals surface area contributed by atoms with E-state index in [1.165, 1.54) is 43.8 Å². The average molecular weight is 406 g/mol. The Kier molecular flexibility index (Phi) is 6.80. The molecule has 0 aromatic heterocycles. The molecule has 0 amide bonds. The second kappa shape index (κ2) is 9.71. The lowest BCUT2D eigenvalue weighted by atomic mass is 9.93. The van der Waals surface area contributed by atoms with Crippen LogP contribution in [0.4, 0.5) is 0 Å². The molecule has 1 N–H and O–H groups in total. The summed E-state index contributed by atoms with van der Waals surface area (Å²) in [7, 11) is 2.23. The number of fused-ring (bicyclic) bond motifs is 1. The zero-order valence-electron chi connectivity index (χ0n) is 18.4. The van der Waals surface area contributed by atoms with Gasteiger partial charge in [0.15, 0.2) is 0 Å². The largest absolute Gasteiger partial charge is 0.344 e. The quantitative estimate of drug-likeness (QED) is 0.713. The van der Waals surface area contributed by atoms with Gasteiger partial charge in [0.1, 0.15) is 12.5 Å². The molecule has 2 fully saturated rings. The molecular weight excluding hydrogens is 370 g/mol. The first-order valence-corrected chi connectivity index (χ1v) is 11.3. The maximum Gasteiger partial charge on any atom is 0.131 e. The van der Waals surface area contributed by atoms with E-state index < -0.39 is 0 Å². The highest BCUT2D eigenvalue weighted by Gasteiger charge is 2.35. The maximum atomic E-state index is 4.75. The van der Waals surface area contributed by atoms with Crippen LogP contribution in [0.1, 0.15) is 19.8 Å². The van der Waals surface area contributed by atoms with E-state index >= 15 is 0 Å². The maximum absolute atomic E-state index is 4.75. The van der Waals surface area contributed by atoms with Crippen LogP contribution in [0.5, 0.6) is 0 Å². The molecule has 160 valence electrons. The summed E-state index contributed by atoms with van der Waals surface area (Å²) in [6, 6.07) is 0. The van der Waals surface area contributed by atoms with Gasteiger partial charge in [-0.25, -0.2) is 4.99 Å². The van der Waals surface area contributed by atoms with Gasteiger partial charge >= 0.3 is 0 Å².